The van der Waals surface area contributed by atoms with E-state index in [2.05, 4.69) is 31.0 Å². The van der Waals surface area contributed by atoms with Gasteiger partial charge in [0, 0.05) is 0 Å². The smallest absolute Gasteiger partial charge is 0.263 e. The summed E-state index contributed by atoms with van der Waals surface area (Å²) in [5.41, 5.74) is 12.7. The molecule has 0 bridgehead atoms. The number of nitrogens with zero attached hydrogens (tertiary/aromatic N) is 4. The van der Waals surface area contributed by atoms with Gasteiger partial charge in [-0.05, 0) is 72.9 Å². The Kier molecular flexibility index (Phi) is 8.16. The van der Waals surface area contributed by atoms with E-state index >= 15 is 0 Å². The Morgan fingerprint density at radius 3 is 1.86 bits per heavy atom. The molecule has 44 heavy (non-hydrogen) atoms. The lowest BCUT2D eigenvalue weighted by Gasteiger charge is -2.07. The number of aromatic nitrogens is 2. The van der Waals surface area contributed by atoms with Crippen LogP contribution >= 0.6 is 22.7 Å². The third-order valence-electron chi connectivity index (χ3n) is 7.53. The quantitative estimate of drug-likeness (QED) is 0.193. The summed E-state index contributed by atoms with van der Waals surface area (Å²) in [6, 6.07) is 14.8. The van der Waals surface area contributed by atoms with Crippen molar-refractivity contribution in [3.05, 3.63) is 117 Å². The average Bonchev–Trinajstić information content (AvgIpc) is 3.48. The molecule has 0 aliphatic heterocycles. The molecule has 5 aromatic rings. The van der Waals surface area contributed by atoms with Crippen molar-refractivity contribution in [2.75, 3.05) is 11.1 Å². The lowest BCUT2D eigenvalue weighted by molar-refractivity contribution is 0.101. The number of benzene rings is 3. The fourth-order valence-corrected chi connectivity index (χ4v) is 7.58. The zero-order valence-electron chi connectivity index (χ0n) is 23.3. The summed E-state index contributed by atoms with van der Waals surface area (Å²) in [4.78, 5) is 30.4. The molecule has 1 amide bonds. The zero-order valence-corrected chi connectivity index (χ0v) is 24.9. The van der Waals surface area contributed by atoms with Gasteiger partial charge >= 0.3 is 0 Å². The van der Waals surface area contributed by atoms with Crippen molar-refractivity contribution < 1.29 is 13.6 Å². The Hall–Kier alpha value is -4.97. The van der Waals surface area contributed by atoms with Crippen LogP contribution in [0.5, 0.6) is 0 Å². The Balaban J connectivity index is 0.000000173. The lowest BCUT2D eigenvalue weighted by Crippen LogP contribution is -2.15. The number of nitrogens with two attached hydrogens (primary N) is 1. The van der Waals surface area contributed by atoms with Gasteiger partial charge < -0.3 is 5.73 Å². The first kappa shape index (κ1) is 29.1. The number of halogens is 2. The molecule has 0 saturated heterocycles. The number of carbonyl (C=O) groups is 1. The third kappa shape index (κ3) is 5.55. The first-order valence-electron chi connectivity index (χ1n) is 13.9. The highest BCUT2D eigenvalue weighted by molar-refractivity contribution is 7.19. The van der Waals surface area contributed by atoms with E-state index in [0.29, 0.717) is 17.2 Å². The second-order valence-corrected chi connectivity index (χ2v) is 12.2. The van der Waals surface area contributed by atoms with Crippen LogP contribution in [0.4, 0.5) is 30.4 Å². The minimum Gasteiger partial charge on any atom is -0.375 e. The maximum Gasteiger partial charge on any atom is 0.263 e. The van der Waals surface area contributed by atoms with E-state index in [4.69, 9.17) is 18.9 Å². The highest BCUT2D eigenvalue weighted by Gasteiger charge is 2.24. The molecule has 3 aromatic carbocycles. The molecular formula is C33H24F2N6OS2. The van der Waals surface area contributed by atoms with Crippen molar-refractivity contribution in [2.24, 2.45) is 0 Å². The first-order chi connectivity index (χ1) is 21.4. The van der Waals surface area contributed by atoms with E-state index in [9.17, 15) is 13.6 Å². The molecule has 0 atom stereocenters. The number of fused-ring (bicyclic) bond motifs is 6. The van der Waals surface area contributed by atoms with E-state index in [1.807, 2.05) is 24.3 Å². The van der Waals surface area contributed by atoms with Crippen LogP contribution in [-0.2, 0) is 25.7 Å². The summed E-state index contributed by atoms with van der Waals surface area (Å²) in [6.45, 7) is 14.6. The van der Waals surface area contributed by atoms with Gasteiger partial charge in [0.2, 0.25) is 0 Å². The highest BCUT2D eigenvalue weighted by atomic mass is 32.1. The van der Waals surface area contributed by atoms with Crippen molar-refractivity contribution in [3.63, 3.8) is 0 Å². The standard InChI is InChI=1S/C20H13F2N3OS.C13H11N3S/c1-23-15-9-3-6-12-11(15)5-2-10-16-18(12)27-20(24-16)25-19(26)17-13(21)7-4-8-14(17)22;1-15-10-6-3-5-9-8(10)4-2-7-11-12(9)17-13(14)16-11/h3-4,6-9H,2,5,10H2,(H,24,25,26);3,5-6H,2,4,7H2,(H2,14,16). The Morgan fingerprint density at radius 1 is 0.773 bits per heavy atom. The Morgan fingerprint density at radius 2 is 1.30 bits per heavy atom. The molecule has 2 aliphatic carbocycles. The molecule has 218 valence electrons. The molecule has 0 unspecified atom stereocenters. The molecule has 0 fully saturated rings. The van der Waals surface area contributed by atoms with Gasteiger partial charge in [-0.15, -0.1) is 0 Å². The third-order valence-corrected chi connectivity index (χ3v) is 9.54. The number of amides is 1. The van der Waals surface area contributed by atoms with Crippen LogP contribution in [0.2, 0.25) is 0 Å². The fourth-order valence-electron chi connectivity index (χ4n) is 5.58. The van der Waals surface area contributed by atoms with E-state index in [-0.39, 0.29) is 5.13 Å². The van der Waals surface area contributed by atoms with E-state index in [1.54, 1.807) is 6.07 Å². The number of hydrogen-bond acceptors (Lipinski definition) is 6. The van der Waals surface area contributed by atoms with Crippen LogP contribution in [0.25, 0.3) is 30.6 Å². The molecule has 11 heteroatoms. The largest absolute Gasteiger partial charge is 0.375 e. The molecule has 2 aromatic heterocycles. The zero-order chi connectivity index (χ0) is 30.8. The van der Waals surface area contributed by atoms with Crippen molar-refractivity contribution in [1.82, 2.24) is 9.97 Å². The van der Waals surface area contributed by atoms with Gasteiger partial charge in [0.1, 0.15) is 17.2 Å². The maximum absolute atomic E-state index is 13.8. The topological polar surface area (TPSA) is 89.6 Å². The van der Waals surface area contributed by atoms with E-state index < -0.39 is 23.1 Å². The van der Waals surface area contributed by atoms with Crippen molar-refractivity contribution in [1.29, 1.82) is 0 Å². The number of nitrogens with one attached hydrogen (secondary N) is 1. The minimum atomic E-state index is -0.919. The maximum atomic E-state index is 13.8. The van der Waals surface area contributed by atoms with Crippen LogP contribution in [0.1, 0.15) is 45.7 Å². The molecule has 7 rings (SSSR count). The molecule has 3 N–H and O–H groups in total. The summed E-state index contributed by atoms with van der Waals surface area (Å²) < 4.78 is 27.6. The van der Waals surface area contributed by atoms with Crippen molar-refractivity contribution in [2.45, 2.75) is 38.5 Å². The van der Waals surface area contributed by atoms with Crippen molar-refractivity contribution >= 4 is 50.2 Å². The van der Waals surface area contributed by atoms with Crippen LogP contribution in [0.3, 0.4) is 0 Å². The van der Waals surface area contributed by atoms with Gasteiger partial charge in [0.25, 0.3) is 5.91 Å². The van der Waals surface area contributed by atoms with E-state index in [1.165, 1.54) is 28.7 Å². The lowest BCUT2D eigenvalue weighted by atomic mass is 10.0. The summed E-state index contributed by atoms with van der Waals surface area (Å²) in [5.74, 6) is -2.71. The van der Waals surface area contributed by atoms with Crippen LogP contribution < -0.4 is 11.1 Å². The molecule has 0 spiro atoms. The second kappa shape index (κ2) is 12.3. The highest BCUT2D eigenvalue weighted by Crippen LogP contribution is 2.42. The molecule has 2 heterocycles. The molecular weight excluding hydrogens is 599 g/mol. The number of thiazole rings is 2. The summed E-state index contributed by atoms with van der Waals surface area (Å²) in [6.07, 6.45) is 5.29. The minimum absolute atomic E-state index is 0.286. The normalized spacial score (nSPS) is 12.8. The molecule has 7 nitrogen and oxygen atoms in total. The number of aryl methyl sites for hydroxylation is 2. The Bertz CT molecular complexity index is 1980. The van der Waals surface area contributed by atoms with Gasteiger partial charge in [-0.1, -0.05) is 65.1 Å². The SMILES string of the molecule is [C-]#[N+]c1cccc2c1CCCc1nc(N)sc1-2.[C-]#[N+]c1cccc2c1CCCc1nc(NC(=O)c3c(F)cccc3F)sc1-2. The summed E-state index contributed by atoms with van der Waals surface area (Å²) in [7, 11) is 0. The van der Waals surface area contributed by atoms with Gasteiger partial charge in [0.05, 0.1) is 34.3 Å². The number of anilines is 2. The summed E-state index contributed by atoms with van der Waals surface area (Å²) in [5, 5.41) is 3.41. The van der Waals surface area contributed by atoms with Gasteiger partial charge in [0.15, 0.2) is 21.6 Å². The average molecular weight is 623 g/mol. The number of rotatable bonds is 2. The van der Waals surface area contributed by atoms with Crippen molar-refractivity contribution in [3.8, 4) is 20.9 Å². The Labute approximate surface area is 260 Å². The predicted octanol–water partition coefficient (Wildman–Crippen LogP) is 8.81. The molecule has 0 radical (unpaired) electrons. The number of carbonyl (C=O) groups excluding carboxylic acids is 1. The van der Waals surface area contributed by atoms with Crippen LogP contribution in [0.15, 0.2) is 54.6 Å². The fraction of sp³-hybridized carbons (Fsp3) is 0.182. The second-order valence-electron chi connectivity index (χ2n) is 10.2. The van der Waals surface area contributed by atoms with Gasteiger partial charge in [-0.2, -0.15) is 0 Å². The summed E-state index contributed by atoms with van der Waals surface area (Å²) >= 11 is 2.78. The van der Waals surface area contributed by atoms with Crippen LogP contribution in [0, 0.1) is 24.8 Å². The number of hydrogen-bond donors (Lipinski definition) is 2. The number of nitrogen functional groups attached to an aromatic ring is 1. The van der Waals surface area contributed by atoms with Gasteiger partial charge in [-0.3, -0.25) is 10.1 Å². The molecule has 2 aliphatic rings. The molecule has 0 saturated carbocycles. The van der Waals surface area contributed by atoms with E-state index in [0.717, 1.165) is 93.3 Å². The van der Waals surface area contributed by atoms with Crippen LogP contribution in [-0.4, -0.2) is 15.9 Å². The predicted molar refractivity (Wildman–Crippen MR) is 170 cm³/mol. The van der Waals surface area contributed by atoms with Gasteiger partial charge in [-0.25, -0.2) is 28.4 Å². The first-order valence-corrected chi connectivity index (χ1v) is 15.5. The monoisotopic (exact) mass is 622 g/mol.